The number of aliphatic hydroxyl groups is 1. The van der Waals surface area contributed by atoms with E-state index in [1.165, 1.54) is 11.0 Å². The molecule has 0 unspecified atom stereocenters. The maximum absolute atomic E-state index is 9.69. The molecule has 1 aliphatic rings. The molecule has 0 amide bonds. The number of aromatic nitrogens is 2. The summed E-state index contributed by atoms with van der Waals surface area (Å²) in [5.74, 6) is 0.448. The molecule has 3 aromatic heterocycles. The van der Waals surface area contributed by atoms with Gasteiger partial charge in [0.1, 0.15) is 6.61 Å². The molecule has 1 fully saturated rings. The van der Waals surface area contributed by atoms with Gasteiger partial charge < -0.3 is 23.6 Å². The van der Waals surface area contributed by atoms with Crippen LogP contribution in [-0.2, 0) is 9.31 Å². The lowest BCUT2D eigenvalue weighted by molar-refractivity contribution is 0.00578. The SMILES string of the molecule is CC(C)(O)COc1cc(B2OC(C)(C)C(C)(C)O2)ccn1.CP(C)c1ccc2ccccn12. The first kappa shape index (κ1) is 25.7. The van der Waals surface area contributed by atoms with Crippen molar-refractivity contribution in [2.75, 3.05) is 19.9 Å². The average Bonchev–Trinajstić information content (AvgIpc) is 3.25. The second kappa shape index (κ2) is 9.75. The van der Waals surface area contributed by atoms with Gasteiger partial charge in [-0.3, -0.25) is 0 Å². The monoisotopic (exact) mass is 470 g/mol. The number of rotatable bonds is 5. The fourth-order valence-electron chi connectivity index (χ4n) is 3.29. The predicted octanol–water partition coefficient (Wildman–Crippen LogP) is 3.84. The van der Waals surface area contributed by atoms with Gasteiger partial charge in [0.05, 0.1) is 16.8 Å². The molecule has 3 aromatic rings. The molecule has 1 saturated heterocycles. The van der Waals surface area contributed by atoms with Crippen LogP contribution in [-0.4, -0.2) is 58.3 Å². The van der Waals surface area contributed by atoms with Crippen molar-refractivity contribution in [1.82, 2.24) is 9.38 Å². The highest BCUT2D eigenvalue weighted by Gasteiger charge is 2.51. The van der Waals surface area contributed by atoms with Gasteiger partial charge in [0.2, 0.25) is 5.88 Å². The van der Waals surface area contributed by atoms with Crippen LogP contribution in [0.3, 0.4) is 0 Å². The molecule has 0 saturated carbocycles. The van der Waals surface area contributed by atoms with Crippen molar-refractivity contribution >= 4 is 31.5 Å². The van der Waals surface area contributed by atoms with E-state index in [4.69, 9.17) is 14.0 Å². The van der Waals surface area contributed by atoms with Gasteiger partial charge in [-0.2, -0.15) is 0 Å². The number of hydrogen-bond acceptors (Lipinski definition) is 5. The Bertz CT molecular complexity index is 1060. The maximum Gasteiger partial charge on any atom is 0.495 e. The van der Waals surface area contributed by atoms with E-state index in [9.17, 15) is 5.11 Å². The Kier molecular flexibility index (Phi) is 7.60. The Labute approximate surface area is 199 Å². The van der Waals surface area contributed by atoms with E-state index in [-0.39, 0.29) is 25.7 Å². The highest BCUT2D eigenvalue weighted by atomic mass is 31.1. The summed E-state index contributed by atoms with van der Waals surface area (Å²) in [6.45, 7) is 16.2. The lowest BCUT2D eigenvalue weighted by Crippen LogP contribution is -2.41. The number of nitrogens with zero attached hydrogens (tertiary/aromatic N) is 2. The standard InChI is InChI=1S/C15H24BNO4.C10H12NP/c1-13(2,18)10-19-12-9-11(7-8-17-12)16-20-14(3,4)15(5,6)21-16;1-12(2)10-7-6-9-5-3-4-8-11(9)10/h7-9,18H,10H2,1-6H3;3-8H,1-2H3. The molecule has 178 valence electrons. The summed E-state index contributed by atoms with van der Waals surface area (Å²) < 4.78 is 19.8. The molecule has 1 aliphatic heterocycles. The average molecular weight is 470 g/mol. The van der Waals surface area contributed by atoms with Crippen molar-refractivity contribution in [2.24, 2.45) is 0 Å². The molecule has 0 spiro atoms. The minimum atomic E-state index is -0.901. The lowest BCUT2D eigenvalue weighted by atomic mass is 9.80. The van der Waals surface area contributed by atoms with Crippen LogP contribution in [0.1, 0.15) is 41.5 Å². The Morgan fingerprint density at radius 2 is 1.73 bits per heavy atom. The molecule has 0 radical (unpaired) electrons. The molecule has 33 heavy (non-hydrogen) atoms. The fourth-order valence-corrected chi connectivity index (χ4v) is 4.27. The molecule has 1 N–H and O–H groups in total. The molecular formula is C25H36BN2O4P. The highest BCUT2D eigenvalue weighted by Crippen LogP contribution is 2.36. The zero-order valence-electron chi connectivity index (χ0n) is 21.0. The molecule has 0 aromatic carbocycles. The molecule has 4 heterocycles. The normalized spacial score (nSPS) is 17.2. The van der Waals surface area contributed by atoms with Gasteiger partial charge in [-0.25, -0.2) is 4.98 Å². The number of hydrogen-bond donors (Lipinski definition) is 1. The summed E-state index contributed by atoms with van der Waals surface area (Å²) in [4.78, 5) is 4.14. The molecular weight excluding hydrogens is 434 g/mol. The van der Waals surface area contributed by atoms with Gasteiger partial charge in [0.15, 0.2) is 0 Å². The molecule has 0 aliphatic carbocycles. The quantitative estimate of drug-likeness (QED) is 0.454. The summed E-state index contributed by atoms with van der Waals surface area (Å²) in [5.41, 5.74) is 1.94. The zero-order valence-corrected chi connectivity index (χ0v) is 21.9. The predicted molar refractivity (Wildman–Crippen MR) is 138 cm³/mol. The molecule has 0 atom stereocenters. The van der Waals surface area contributed by atoms with Crippen LogP contribution in [0.4, 0.5) is 0 Å². The van der Waals surface area contributed by atoms with Crippen LogP contribution in [0.5, 0.6) is 5.88 Å². The van der Waals surface area contributed by atoms with Gasteiger partial charge in [-0.1, -0.05) is 14.0 Å². The Morgan fingerprint density at radius 3 is 2.33 bits per heavy atom. The van der Waals surface area contributed by atoms with Crippen LogP contribution >= 0.6 is 7.92 Å². The summed E-state index contributed by atoms with van der Waals surface area (Å²) in [5, 5.41) is 9.69. The smallest absolute Gasteiger partial charge is 0.475 e. The van der Waals surface area contributed by atoms with Crippen LogP contribution in [0.2, 0.25) is 0 Å². The largest absolute Gasteiger partial charge is 0.495 e. The van der Waals surface area contributed by atoms with Crippen molar-refractivity contribution in [2.45, 2.75) is 58.3 Å². The Balaban J connectivity index is 0.000000215. The molecule has 6 nitrogen and oxygen atoms in total. The first-order valence-electron chi connectivity index (χ1n) is 11.2. The van der Waals surface area contributed by atoms with Gasteiger partial charge in [0, 0.05) is 29.4 Å². The summed E-state index contributed by atoms with van der Waals surface area (Å²) in [6.07, 6.45) is 3.78. The van der Waals surface area contributed by atoms with Crippen LogP contribution in [0, 0.1) is 0 Å². The number of ether oxygens (including phenoxy) is 1. The third-order valence-corrected chi connectivity index (χ3v) is 7.14. The van der Waals surface area contributed by atoms with Crippen molar-refractivity contribution in [3.63, 3.8) is 0 Å². The van der Waals surface area contributed by atoms with E-state index in [1.807, 2.05) is 33.8 Å². The maximum atomic E-state index is 9.69. The number of fused-ring (bicyclic) bond motifs is 1. The third-order valence-electron chi connectivity index (χ3n) is 5.86. The van der Waals surface area contributed by atoms with E-state index in [0.29, 0.717) is 5.88 Å². The van der Waals surface area contributed by atoms with Crippen molar-refractivity contribution in [3.05, 3.63) is 54.9 Å². The van der Waals surface area contributed by atoms with E-state index >= 15 is 0 Å². The van der Waals surface area contributed by atoms with Crippen molar-refractivity contribution in [1.29, 1.82) is 0 Å². The second-order valence-corrected chi connectivity index (χ2v) is 12.4. The molecule has 0 bridgehead atoms. The van der Waals surface area contributed by atoms with E-state index in [1.54, 1.807) is 26.1 Å². The summed E-state index contributed by atoms with van der Waals surface area (Å²) in [7, 11) is -0.438. The lowest BCUT2D eigenvalue weighted by Gasteiger charge is -2.32. The molecule has 8 heteroatoms. The highest BCUT2D eigenvalue weighted by molar-refractivity contribution is 7.63. The topological polar surface area (TPSA) is 65.2 Å². The summed E-state index contributed by atoms with van der Waals surface area (Å²) in [6, 6.07) is 14.3. The minimum Gasteiger partial charge on any atom is -0.475 e. The van der Waals surface area contributed by atoms with Crippen molar-refractivity contribution < 1.29 is 19.2 Å². The van der Waals surface area contributed by atoms with Crippen LogP contribution in [0.25, 0.3) is 5.52 Å². The third kappa shape index (κ3) is 6.36. The Morgan fingerprint density at radius 1 is 1.06 bits per heavy atom. The fraction of sp³-hybridized carbons (Fsp3) is 0.480. The van der Waals surface area contributed by atoms with E-state index in [2.05, 4.69) is 59.2 Å². The van der Waals surface area contributed by atoms with Gasteiger partial charge >= 0.3 is 7.12 Å². The van der Waals surface area contributed by atoms with Crippen LogP contribution < -0.4 is 15.6 Å². The van der Waals surface area contributed by atoms with Crippen LogP contribution in [0.15, 0.2) is 54.9 Å². The van der Waals surface area contributed by atoms with Crippen molar-refractivity contribution in [3.8, 4) is 5.88 Å². The zero-order chi connectivity index (χ0) is 24.4. The van der Waals surface area contributed by atoms with Gasteiger partial charge in [-0.05, 0) is 90.7 Å². The number of pyridine rings is 2. The second-order valence-electron chi connectivity index (χ2n) is 10.2. The van der Waals surface area contributed by atoms with E-state index in [0.717, 1.165) is 5.46 Å². The Hall–Kier alpha value is -1.92. The molecule has 4 rings (SSSR count). The summed E-state index contributed by atoms with van der Waals surface area (Å²) >= 11 is 0. The van der Waals surface area contributed by atoms with Gasteiger partial charge in [0.25, 0.3) is 0 Å². The minimum absolute atomic E-state index is 0.00463. The first-order chi connectivity index (χ1) is 15.3. The van der Waals surface area contributed by atoms with Gasteiger partial charge in [-0.15, -0.1) is 0 Å². The first-order valence-corrected chi connectivity index (χ1v) is 13.4. The van der Waals surface area contributed by atoms with E-state index < -0.39 is 12.7 Å².